The van der Waals surface area contributed by atoms with E-state index in [-0.39, 0.29) is 12.5 Å². The molecule has 2 N–H and O–H groups in total. The molecule has 0 aromatic heterocycles. The van der Waals surface area contributed by atoms with Gasteiger partial charge in [0.1, 0.15) is 0 Å². The van der Waals surface area contributed by atoms with Gasteiger partial charge in [0.05, 0.1) is 12.0 Å². The highest BCUT2D eigenvalue weighted by atomic mass is 16.4. The van der Waals surface area contributed by atoms with Crippen molar-refractivity contribution in [2.45, 2.75) is 51.2 Å². The van der Waals surface area contributed by atoms with E-state index in [1.54, 1.807) is 13.8 Å². The number of hydrogen-bond donors (Lipinski definition) is 2. The lowest BCUT2D eigenvalue weighted by Gasteiger charge is -2.38. The Morgan fingerprint density at radius 3 is 2.67 bits per heavy atom. The van der Waals surface area contributed by atoms with Gasteiger partial charge in [-0.1, -0.05) is 6.42 Å². The Kier molecular flexibility index (Phi) is 4.11. The number of aliphatic carboxylic acids is 1. The summed E-state index contributed by atoms with van der Waals surface area (Å²) in [6.07, 6.45) is 3.32. The molecule has 4 nitrogen and oxygen atoms in total. The molecule has 1 saturated heterocycles. The van der Waals surface area contributed by atoms with Gasteiger partial charge in [0.15, 0.2) is 0 Å². The molecule has 0 bridgehead atoms. The van der Waals surface area contributed by atoms with Crippen LogP contribution in [0.2, 0.25) is 0 Å². The molecular formula is C11H21NO3. The molecule has 0 aliphatic carbocycles. The summed E-state index contributed by atoms with van der Waals surface area (Å²) in [4.78, 5) is 12.8. The molecule has 0 aromatic rings. The Morgan fingerprint density at radius 1 is 1.47 bits per heavy atom. The summed E-state index contributed by atoms with van der Waals surface area (Å²) in [7, 11) is 0. The maximum absolute atomic E-state index is 10.7. The van der Waals surface area contributed by atoms with Gasteiger partial charge in [-0.25, -0.2) is 0 Å². The van der Waals surface area contributed by atoms with Crippen LogP contribution in [0.3, 0.4) is 0 Å². The first kappa shape index (κ1) is 12.5. The highest BCUT2D eigenvalue weighted by Gasteiger charge is 2.28. The van der Waals surface area contributed by atoms with Crippen LogP contribution in [0.25, 0.3) is 0 Å². The number of β-amino-alcohol motifs (C(OH)–C–C–N with tert-alkyl or cyclic N) is 1. The quantitative estimate of drug-likeness (QED) is 0.737. The zero-order valence-corrected chi connectivity index (χ0v) is 9.57. The van der Waals surface area contributed by atoms with Crippen LogP contribution in [0.15, 0.2) is 0 Å². The Bertz CT molecular complexity index is 222. The summed E-state index contributed by atoms with van der Waals surface area (Å²) >= 11 is 0. The van der Waals surface area contributed by atoms with Crippen molar-refractivity contribution in [3.8, 4) is 0 Å². The molecule has 88 valence electrons. The van der Waals surface area contributed by atoms with E-state index in [1.807, 2.05) is 0 Å². The fourth-order valence-electron chi connectivity index (χ4n) is 2.20. The van der Waals surface area contributed by atoms with E-state index in [0.29, 0.717) is 6.54 Å². The van der Waals surface area contributed by atoms with E-state index >= 15 is 0 Å². The standard InChI is InChI=1S/C11H21NO3/c1-11(2,15)8-12-6-4-3-5-9(12)7-10(13)14/h9,15H,3-8H2,1-2H3,(H,13,14). The molecule has 0 radical (unpaired) electrons. The number of aliphatic hydroxyl groups is 1. The molecule has 1 heterocycles. The van der Waals surface area contributed by atoms with E-state index in [2.05, 4.69) is 4.90 Å². The van der Waals surface area contributed by atoms with Crippen molar-refractivity contribution >= 4 is 5.97 Å². The number of rotatable bonds is 4. The zero-order chi connectivity index (χ0) is 11.5. The lowest BCUT2D eigenvalue weighted by molar-refractivity contribution is -0.139. The molecule has 0 aromatic carbocycles. The van der Waals surface area contributed by atoms with Crippen LogP contribution in [-0.4, -0.2) is 45.8 Å². The molecule has 1 unspecified atom stereocenters. The molecule has 0 spiro atoms. The van der Waals surface area contributed by atoms with Crippen molar-refractivity contribution < 1.29 is 15.0 Å². The van der Waals surface area contributed by atoms with Crippen molar-refractivity contribution in [1.82, 2.24) is 4.90 Å². The Hall–Kier alpha value is -0.610. The molecule has 1 fully saturated rings. The summed E-state index contributed by atoms with van der Waals surface area (Å²) in [5.74, 6) is -0.748. The Morgan fingerprint density at radius 2 is 2.13 bits per heavy atom. The molecule has 4 heteroatoms. The topological polar surface area (TPSA) is 60.8 Å². The van der Waals surface area contributed by atoms with Gasteiger partial charge in [-0.2, -0.15) is 0 Å². The van der Waals surface area contributed by atoms with Gasteiger partial charge in [-0.15, -0.1) is 0 Å². The third-order valence-corrected chi connectivity index (χ3v) is 2.75. The third kappa shape index (κ3) is 4.62. The molecule has 1 rings (SSSR count). The second-order valence-electron chi connectivity index (χ2n) is 5.03. The minimum absolute atomic E-state index is 0.0997. The number of likely N-dealkylation sites (tertiary alicyclic amines) is 1. The van der Waals surface area contributed by atoms with Gasteiger partial charge >= 0.3 is 5.97 Å². The summed E-state index contributed by atoms with van der Waals surface area (Å²) in [5.41, 5.74) is -0.742. The minimum atomic E-state index is -0.748. The van der Waals surface area contributed by atoms with Crippen LogP contribution in [0.4, 0.5) is 0 Å². The number of hydrogen-bond acceptors (Lipinski definition) is 3. The lowest BCUT2D eigenvalue weighted by atomic mass is 9.97. The average molecular weight is 215 g/mol. The number of carboxylic acids is 1. The maximum Gasteiger partial charge on any atom is 0.304 e. The van der Waals surface area contributed by atoms with Crippen LogP contribution in [-0.2, 0) is 4.79 Å². The van der Waals surface area contributed by atoms with Crippen molar-refractivity contribution in [2.24, 2.45) is 0 Å². The predicted octanol–water partition coefficient (Wildman–Crippen LogP) is 1.09. The molecule has 1 aliphatic heterocycles. The lowest BCUT2D eigenvalue weighted by Crippen LogP contribution is -2.47. The molecular weight excluding hydrogens is 194 g/mol. The predicted molar refractivity (Wildman–Crippen MR) is 57.8 cm³/mol. The van der Waals surface area contributed by atoms with Crippen molar-refractivity contribution in [3.63, 3.8) is 0 Å². The largest absolute Gasteiger partial charge is 0.481 e. The summed E-state index contributed by atoms with van der Waals surface area (Å²) in [6.45, 7) is 4.99. The molecule has 1 atom stereocenters. The van der Waals surface area contributed by atoms with E-state index in [0.717, 1.165) is 25.8 Å². The highest BCUT2D eigenvalue weighted by Crippen LogP contribution is 2.21. The van der Waals surface area contributed by atoms with Crippen LogP contribution in [0, 0.1) is 0 Å². The van der Waals surface area contributed by atoms with Gasteiger partial charge in [-0.3, -0.25) is 9.69 Å². The maximum atomic E-state index is 10.7. The first-order valence-electron chi connectivity index (χ1n) is 5.57. The van der Waals surface area contributed by atoms with Crippen molar-refractivity contribution in [1.29, 1.82) is 0 Å². The smallest absolute Gasteiger partial charge is 0.304 e. The van der Waals surface area contributed by atoms with E-state index in [9.17, 15) is 9.90 Å². The van der Waals surface area contributed by atoms with Crippen LogP contribution in [0.5, 0.6) is 0 Å². The number of carboxylic acid groups (broad SMARTS) is 1. The van der Waals surface area contributed by atoms with E-state index in [4.69, 9.17) is 5.11 Å². The van der Waals surface area contributed by atoms with Crippen LogP contribution in [0.1, 0.15) is 39.5 Å². The number of nitrogens with zero attached hydrogens (tertiary/aromatic N) is 1. The highest BCUT2D eigenvalue weighted by molar-refractivity contribution is 5.67. The van der Waals surface area contributed by atoms with E-state index < -0.39 is 11.6 Å². The van der Waals surface area contributed by atoms with Crippen LogP contribution >= 0.6 is 0 Å². The van der Waals surface area contributed by atoms with Crippen LogP contribution < -0.4 is 0 Å². The molecule has 0 amide bonds. The van der Waals surface area contributed by atoms with Gasteiger partial charge in [-0.05, 0) is 33.2 Å². The summed E-state index contributed by atoms with van der Waals surface area (Å²) in [5, 5.41) is 18.5. The fraction of sp³-hybridized carbons (Fsp3) is 0.909. The van der Waals surface area contributed by atoms with Gasteiger partial charge < -0.3 is 10.2 Å². The first-order chi connectivity index (χ1) is 6.88. The molecule has 15 heavy (non-hydrogen) atoms. The number of carbonyl (C=O) groups is 1. The second kappa shape index (κ2) is 4.94. The SMILES string of the molecule is CC(C)(O)CN1CCCCC1CC(=O)O. The third-order valence-electron chi connectivity index (χ3n) is 2.75. The monoisotopic (exact) mass is 215 g/mol. The van der Waals surface area contributed by atoms with Crippen molar-refractivity contribution in [3.05, 3.63) is 0 Å². The second-order valence-corrected chi connectivity index (χ2v) is 5.03. The Labute approximate surface area is 90.9 Å². The molecule has 0 saturated carbocycles. The molecule has 1 aliphatic rings. The summed E-state index contributed by atoms with van der Waals surface area (Å²) in [6, 6.07) is 0.0997. The van der Waals surface area contributed by atoms with Gasteiger partial charge in [0, 0.05) is 12.6 Å². The normalized spacial score (nSPS) is 24.1. The van der Waals surface area contributed by atoms with E-state index in [1.165, 1.54) is 0 Å². The van der Waals surface area contributed by atoms with Gasteiger partial charge in [0.25, 0.3) is 0 Å². The Balaban J connectivity index is 2.53. The summed E-state index contributed by atoms with van der Waals surface area (Å²) < 4.78 is 0. The minimum Gasteiger partial charge on any atom is -0.481 e. The fourth-order valence-corrected chi connectivity index (χ4v) is 2.20. The van der Waals surface area contributed by atoms with Crippen molar-refractivity contribution in [2.75, 3.05) is 13.1 Å². The zero-order valence-electron chi connectivity index (χ0n) is 9.57. The van der Waals surface area contributed by atoms with Gasteiger partial charge in [0.2, 0.25) is 0 Å². The number of piperidine rings is 1. The first-order valence-corrected chi connectivity index (χ1v) is 5.57. The average Bonchev–Trinajstić information content (AvgIpc) is 2.05.